The highest BCUT2D eigenvalue weighted by atomic mass is 14.9. The Morgan fingerprint density at radius 1 is 1.08 bits per heavy atom. The van der Waals surface area contributed by atoms with Gasteiger partial charge in [-0.15, -0.1) is 0 Å². The molecule has 0 aliphatic rings. The van der Waals surface area contributed by atoms with E-state index in [0.29, 0.717) is 0 Å². The molecule has 1 heterocycles. The van der Waals surface area contributed by atoms with E-state index in [1.165, 1.54) is 0 Å². The largest absolute Gasteiger partial charge is 0.354 e. The maximum Gasteiger partial charge on any atom is 0.0570 e. The normalized spacial score (nSPS) is 9.54. The lowest BCUT2D eigenvalue weighted by Crippen LogP contribution is -1.89. The van der Waals surface area contributed by atoms with E-state index >= 15 is 0 Å². The third-order valence-corrected chi connectivity index (χ3v) is 1.67. The minimum atomic E-state index is 0.994. The Kier molecular flexibility index (Phi) is 2.23. The molecule has 0 aliphatic carbocycles. The fourth-order valence-corrected chi connectivity index (χ4v) is 1.07. The van der Waals surface area contributed by atoms with E-state index in [2.05, 4.69) is 16.4 Å². The molecule has 63 valence electrons. The van der Waals surface area contributed by atoms with E-state index in [-0.39, 0.29) is 0 Å². The number of pyridine rings is 1. The molecule has 1 aromatic carbocycles. The lowest BCUT2D eigenvalue weighted by atomic mass is 10.3. The summed E-state index contributed by atoms with van der Waals surface area (Å²) < 4.78 is 0. The molecule has 0 amide bonds. The van der Waals surface area contributed by atoms with Gasteiger partial charge >= 0.3 is 0 Å². The number of benzene rings is 1. The zero-order chi connectivity index (χ0) is 8.93. The summed E-state index contributed by atoms with van der Waals surface area (Å²) in [5, 5.41) is 3.22. The molecule has 13 heavy (non-hydrogen) atoms. The summed E-state index contributed by atoms with van der Waals surface area (Å²) in [6, 6.07) is 14.5. The fourth-order valence-electron chi connectivity index (χ4n) is 1.07. The lowest BCUT2D eigenvalue weighted by molar-refractivity contribution is 1.32. The Labute approximate surface area is 77.3 Å². The van der Waals surface area contributed by atoms with Crippen LogP contribution in [-0.2, 0) is 0 Å². The summed E-state index contributed by atoms with van der Waals surface area (Å²) in [5.74, 6) is 0. The third-order valence-electron chi connectivity index (χ3n) is 1.67. The molecule has 0 aliphatic heterocycles. The standard InChI is InChI=1S/C11H9N2/c1-2-5-10(6-3-1)13-11-7-4-8-12-9-11/h2-9,13H. The molecule has 0 saturated carbocycles. The summed E-state index contributed by atoms with van der Waals surface area (Å²) in [6.07, 6.45) is 3.54. The molecule has 0 bridgehead atoms. The van der Waals surface area contributed by atoms with Crippen LogP contribution in [0.1, 0.15) is 0 Å². The van der Waals surface area contributed by atoms with E-state index in [9.17, 15) is 0 Å². The molecule has 0 saturated heterocycles. The Balaban J connectivity index is 2.16. The van der Waals surface area contributed by atoms with Gasteiger partial charge in [0.2, 0.25) is 0 Å². The van der Waals surface area contributed by atoms with Crippen LogP contribution in [0.3, 0.4) is 0 Å². The molecule has 0 atom stereocenters. The van der Waals surface area contributed by atoms with Crippen molar-refractivity contribution in [2.45, 2.75) is 0 Å². The average Bonchev–Trinajstić information content (AvgIpc) is 2.21. The van der Waals surface area contributed by atoms with Gasteiger partial charge in [0.05, 0.1) is 11.9 Å². The highest BCUT2D eigenvalue weighted by Gasteiger charge is 1.90. The predicted molar refractivity (Wildman–Crippen MR) is 52.8 cm³/mol. The van der Waals surface area contributed by atoms with Crippen LogP contribution in [0.25, 0.3) is 0 Å². The van der Waals surface area contributed by atoms with Crippen LogP contribution < -0.4 is 5.32 Å². The number of rotatable bonds is 2. The molecular weight excluding hydrogens is 160 g/mol. The van der Waals surface area contributed by atoms with Crippen LogP contribution in [0.15, 0.2) is 48.8 Å². The molecule has 2 aromatic rings. The second-order valence-corrected chi connectivity index (χ2v) is 2.66. The van der Waals surface area contributed by atoms with E-state index < -0.39 is 0 Å². The molecule has 2 rings (SSSR count). The van der Waals surface area contributed by atoms with Crippen molar-refractivity contribution < 1.29 is 0 Å². The molecule has 1 N–H and O–H groups in total. The Bertz CT molecular complexity index is 319. The molecule has 1 aromatic heterocycles. The van der Waals surface area contributed by atoms with Crippen LogP contribution in [-0.4, -0.2) is 4.98 Å². The first kappa shape index (κ1) is 7.80. The van der Waals surface area contributed by atoms with E-state index in [1.807, 2.05) is 36.4 Å². The van der Waals surface area contributed by atoms with Crippen molar-refractivity contribution >= 4 is 11.4 Å². The maximum atomic E-state index is 4.01. The first-order chi connectivity index (χ1) is 6.45. The number of hydrogen-bond acceptors (Lipinski definition) is 2. The lowest BCUT2D eigenvalue weighted by Gasteiger charge is -2.03. The smallest absolute Gasteiger partial charge is 0.0570 e. The quantitative estimate of drug-likeness (QED) is 0.747. The van der Waals surface area contributed by atoms with E-state index in [1.54, 1.807) is 12.4 Å². The summed E-state index contributed by atoms with van der Waals surface area (Å²) in [6.45, 7) is 0. The Hall–Kier alpha value is -1.83. The zero-order valence-electron chi connectivity index (χ0n) is 7.07. The van der Waals surface area contributed by atoms with Gasteiger partial charge in [-0.05, 0) is 30.3 Å². The molecule has 2 nitrogen and oxygen atoms in total. The summed E-state index contributed by atoms with van der Waals surface area (Å²) in [7, 11) is 0. The summed E-state index contributed by atoms with van der Waals surface area (Å²) in [5.41, 5.74) is 2.04. The number of hydrogen-bond donors (Lipinski definition) is 1. The van der Waals surface area contributed by atoms with Gasteiger partial charge < -0.3 is 5.32 Å². The van der Waals surface area contributed by atoms with Gasteiger partial charge in [-0.2, -0.15) is 0 Å². The van der Waals surface area contributed by atoms with Crippen LogP contribution in [0.4, 0.5) is 11.4 Å². The van der Waals surface area contributed by atoms with Crippen molar-refractivity contribution in [3.05, 3.63) is 54.9 Å². The van der Waals surface area contributed by atoms with Crippen molar-refractivity contribution in [3.63, 3.8) is 0 Å². The monoisotopic (exact) mass is 169 g/mol. The first-order valence-electron chi connectivity index (χ1n) is 4.08. The average molecular weight is 169 g/mol. The SMILES string of the molecule is [c]1ccc(Nc2cccnc2)cc1. The molecule has 2 heteroatoms. The number of aromatic nitrogens is 1. The topological polar surface area (TPSA) is 24.9 Å². The van der Waals surface area contributed by atoms with Crippen LogP contribution in [0.2, 0.25) is 0 Å². The van der Waals surface area contributed by atoms with Gasteiger partial charge in [-0.1, -0.05) is 12.1 Å². The second kappa shape index (κ2) is 3.72. The second-order valence-electron chi connectivity index (χ2n) is 2.66. The van der Waals surface area contributed by atoms with Crippen LogP contribution in [0, 0.1) is 6.07 Å². The third kappa shape index (κ3) is 2.06. The number of nitrogens with zero attached hydrogens (tertiary/aromatic N) is 1. The van der Waals surface area contributed by atoms with Crippen molar-refractivity contribution in [1.82, 2.24) is 4.98 Å². The van der Waals surface area contributed by atoms with Crippen molar-refractivity contribution in [2.24, 2.45) is 0 Å². The number of nitrogens with one attached hydrogen (secondary N) is 1. The maximum absolute atomic E-state index is 4.01. The summed E-state index contributed by atoms with van der Waals surface area (Å²) in [4.78, 5) is 4.01. The number of anilines is 2. The van der Waals surface area contributed by atoms with Crippen molar-refractivity contribution in [3.8, 4) is 0 Å². The first-order valence-corrected chi connectivity index (χ1v) is 4.08. The predicted octanol–water partition coefficient (Wildman–Crippen LogP) is 2.63. The molecule has 1 radical (unpaired) electrons. The minimum Gasteiger partial charge on any atom is -0.354 e. The van der Waals surface area contributed by atoms with Gasteiger partial charge in [-0.25, -0.2) is 0 Å². The van der Waals surface area contributed by atoms with Crippen molar-refractivity contribution in [2.75, 3.05) is 5.32 Å². The highest BCUT2D eigenvalue weighted by Crippen LogP contribution is 2.13. The van der Waals surface area contributed by atoms with E-state index in [4.69, 9.17) is 0 Å². The molecule has 0 spiro atoms. The van der Waals surface area contributed by atoms with Gasteiger partial charge in [0.1, 0.15) is 0 Å². The Morgan fingerprint density at radius 2 is 1.92 bits per heavy atom. The molecular formula is C11H9N2. The van der Waals surface area contributed by atoms with Crippen LogP contribution in [0.5, 0.6) is 0 Å². The van der Waals surface area contributed by atoms with Gasteiger partial charge in [0, 0.05) is 11.9 Å². The Morgan fingerprint density at radius 3 is 2.62 bits per heavy atom. The zero-order valence-corrected chi connectivity index (χ0v) is 7.07. The van der Waals surface area contributed by atoms with Crippen LogP contribution >= 0.6 is 0 Å². The fraction of sp³-hybridized carbons (Fsp3) is 0. The molecule has 0 fully saturated rings. The summed E-state index contributed by atoms with van der Waals surface area (Å²) >= 11 is 0. The van der Waals surface area contributed by atoms with Gasteiger partial charge in [-0.3, -0.25) is 4.98 Å². The minimum absolute atomic E-state index is 0.994. The van der Waals surface area contributed by atoms with Crippen molar-refractivity contribution in [1.29, 1.82) is 0 Å². The van der Waals surface area contributed by atoms with Gasteiger partial charge in [0.25, 0.3) is 0 Å². The van der Waals surface area contributed by atoms with Gasteiger partial charge in [0.15, 0.2) is 0 Å². The highest BCUT2D eigenvalue weighted by molar-refractivity contribution is 5.57. The van der Waals surface area contributed by atoms with E-state index in [0.717, 1.165) is 11.4 Å². The molecule has 0 unspecified atom stereocenters.